The Balaban J connectivity index is 2.48. The highest BCUT2D eigenvalue weighted by molar-refractivity contribution is 6.17. The Kier molecular flexibility index (Phi) is 6.92. The van der Waals surface area contributed by atoms with Gasteiger partial charge in [0.15, 0.2) is 0 Å². The van der Waals surface area contributed by atoms with Gasteiger partial charge in [-0.2, -0.15) is 4.98 Å². The van der Waals surface area contributed by atoms with E-state index in [4.69, 9.17) is 16.3 Å². The standard InChI is InChI=1S/C14H24ClN3O/c1-4-10-19-12-6-9-16-13(18-12)17-11-14(2,3)7-5-8-15/h6,9H,4-5,7-8,10-11H2,1-3H3,(H,16,17,18). The SMILES string of the molecule is CCCOc1ccnc(NCC(C)(C)CCCCl)n1. The summed E-state index contributed by atoms with van der Waals surface area (Å²) >= 11 is 5.73. The molecule has 0 aromatic carbocycles. The molecular weight excluding hydrogens is 262 g/mol. The first kappa shape index (κ1) is 16.0. The summed E-state index contributed by atoms with van der Waals surface area (Å²) in [5, 5.41) is 3.27. The van der Waals surface area contributed by atoms with E-state index in [0.29, 0.717) is 24.3 Å². The Bertz CT molecular complexity index is 371. The molecule has 0 saturated carbocycles. The van der Waals surface area contributed by atoms with E-state index in [1.807, 2.05) is 0 Å². The number of alkyl halides is 1. The molecule has 19 heavy (non-hydrogen) atoms. The van der Waals surface area contributed by atoms with Crippen LogP contribution in [0.25, 0.3) is 0 Å². The van der Waals surface area contributed by atoms with E-state index in [1.165, 1.54) is 0 Å². The molecule has 0 aliphatic heterocycles. The van der Waals surface area contributed by atoms with Crippen LogP contribution in [0.5, 0.6) is 5.88 Å². The van der Waals surface area contributed by atoms with E-state index in [2.05, 4.69) is 36.1 Å². The van der Waals surface area contributed by atoms with Crippen molar-refractivity contribution in [3.05, 3.63) is 12.3 Å². The number of rotatable bonds is 9. The number of ether oxygens (including phenoxy) is 1. The molecule has 1 N–H and O–H groups in total. The fourth-order valence-electron chi connectivity index (χ4n) is 1.67. The number of hydrogen-bond donors (Lipinski definition) is 1. The third-order valence-corrected chi connectivity index (χ3v) is 3.06. The quantitative estimate of drug-likeness (QED) is 0.703. The van der Waals surface area contributed by atoms with Gasteiger partial charge in [0.1, 0.15) is 0 Å². The van der Waals surface area contributed by atoms with Crippen molar-refractivity contribution in [1.29, 1.82) is 0 Å². The van der Waals surface area contributed by atoms with Crippen LogP contribution < -0.4 is 10.1 Å². The van der Waals surface area contributed by atoms with E-state index in [9.17, 15) is 0 Å². The molecule has 1 heterocycles. The second-order valence-electron chi connectivity index (χ2n) is 5.38. The number of nitrogens with one attached hydrogen (secondary N) is 1. The maximum absolute atomic E-state index is 5.73. The number of anilines is 1. The molecular formula is C14H24ClN3O. The van der Waals surface area contributed by atoms with Gasteiger partial charge in [0, 0.05) is 24.7 Å². The van der Waals surface area contributed by atoms with Crippen molar-refractivity contribution in [3.8, 4) is 5.88 Å². The summed E-state index contributed by atoms with van der Waals surface area (Å²) < 4.78 is 5.48. The molecule has 1 aromatic heterocycles. The summed E-state index contributed by atoms with van der Waals surface area (Å²) in [6.07, 6.45) is 4.79. The second-order valence-corrected chi connectivity index (χ2v) is 5.76. The minimum Gasteiger partial charge on any atom is -0.478 e. The Morgan fingerprint density at radius 3 is 2.89 bits per heavy atom. The fraction of sp³-hybridized carbons (Fsp3) is 0.714. The first-order valence-corrected chi connectivity index (χ1v) is 7.36. The summed E-state index contributed by atoms with van der Waals surface area (Å²) in [7, 11) is 0. The summed E-state index contributed by atoms with van der Waals surface area (Å²) in [5.74, 6) is 1.95. The lowest BCUT2D eigenvalue weighted by Gasteiger charge is -2.24. The molecule has 1 aromatic rings. The van der Waals surface area contributed by atoms with Crippen molar-refractivity contribution >= 4 is 17.5 Å². The van der Waals surface area contributed by atoms with Gasteiger partial charge in [0.2, 0.25) is 11.8 Å². The zero-order valence-corrected chi connectivity index (χ0v) is 12.8. The average molecular weight is 286 g/mol. The van der Waals surface area contributed by atoms with Crippen LogP contribution in [0.3, 0.4) is 0 Å². The maximum atomic E-state index is 5.73. The normalized spacial score (nSPS) is 11.4. The molecule has 0 saturated heterocycles. The summed E-state index contributed by atoms with van der Waals surface area (Å²) in [6.45, 7) is 7.99. The topological polar surface area (TPSA) is 47.0 Å². The molecule has 0 amide bonds. The van der Waals surface area contributed by atoms with E-state index >= 15 is 0 Å². The highest BCUT2D eigenvalue weighted by Gasteiger charge is 2.17. The molecule has 1 rings (SSSR count). The van der Waals surface area contributed by atoms with Crippen LogP contribution in [0.2, 0.25) is 0 Å². The smallest absolute Gasteiger partial charge is 0.225 e. The molecule has 4 nitrogen and oxygen atoms in total. The number of aromatic nitrogens is 2. The summed E-state index contributed by atoms with van der Waals surface area (Å²) in [5.41, 5.74) is 0.179. The molecule has 0 bridgehead atoms. The molecule has 0 aliphatic carbocycles. The van der Waals surface area contributed by atoms with Gasteiger partial charge in [-0.05, 0) is 24.7 Å². The van der Waals surface area contributed by atoms with Gasteiger partial charge in [-0.25, -0.2) is 4.98 Å². The molecule has 108 valence electrons. The highest BCUT2D eigenvalue weighted by Crippen LogP contribution is 2.23. The third kappa shape index (κ3) is 6.62. The van der Waals surface area contributed by atoms with Gasteiger partial charge in [-0.1, -0.05) is 20.8 Å². The minimum absolute atomic E-state index is 0.179. The van der Waals surface area contributed by atoms with Crippen molar-refractivity contribution in [2.75, 3.05) is 24.3 Å². The van der Waals surface area contributed by atoms with Crippen molar-refractivity contribution in [3.63, 3.8) is 0 Å². The largest absolute Gasteiger partial charge is 0.478 e. The molecule has 0 fully saturated rings. The molecule has 5 heteroatoms. The lowest BCUT2D eigenvalue weighted by molar-refractivity contribution is 0.304. The van der Waals surface area contributed by atoms with Gasteiger partial charge >= 0.3 is 0 Å². The van der Waals surface area contributed by atoms with E-state index < -0.39 is 0 Å². The molecule has 0 spiro atoms. The monoisotopic (exact) mass is 285 g/mol. The average Bonchev–Trinajstić information content (AvgIpc) is 2.41. The van der Waals surface area contributed by atoms with Gasteiger partial charge in [0.05, 0.1) is 6.61 Å². The summed E-state index contributed by atoms with van der Waals surface area (Å²) in [6, 6.07) is 1.78. The van der Waals surface area contributed by atoms with Crippen molar-refractivity contribution in [2.45, 2.75) is 40.0 Å². The number of hydrogen-bond acceptors (Lipinski definition) is 4. The Labute approximate surface area is 120 Å². The van der Waals surface area contributed by atoms with Gasteiger partial charge in [-0.3, -0.25) is 0 Å². The lowest BCUT2D eigenvalue weighted by atomic mass is 9.88. The van der Waals surface area contributed by atoms with Gasteiger partial charge in [-0.15, -0.1) is 11.6 Å². The van der Waals surface area contributed by atoms with E-state index in [0.717, 1.165) is 25.8 Å². The first-order chi connectivity index (χ1) is 9.07. The van der Waals surface area contributed by atoms with Crippen molar-refractivity contribution in [2.24, 2.45) is 5.41 Å². The Hall–Kier alpha value is -1.03. The van der Waals surface area contributed by atoms with E-state index in [1.54, 1.807) is 12.3 Å². The zero-order valence-electron chi connectivity index (χ0n) is 12.1. The predicted octanol–water partition coefficient (Wildman–Crippen LogP) is 3.72. The maximum Gasteiger partial charge on any atom is 0.225 e. The second kappa shape index (κ2) is 8.20. The zero-order chi connectivity index (χ0) is 14.1. The number of nitrogens with zero attached hydrogens (tertiary/aromatic N) is 2. The molecule has 0 atom stereocenters. The number of halogens is 1. The van der Waals surface area contributed by atoms with Gasteiger partial charge < -0.3 is 10.1 Å². The van der Waals surface area contributed by atoms with Crippen LogP contribution in [-0.4, -0.2) is 29.0 Å². The van der Waals surface area contributed by atoms with Gasteiger partial charge in [0.25, 0.3) is 0 Å². The first-order valence-electron chi connectivity index (χ1n) is 6.83. The fourth-order valence-corrected chi connectivity index (χ4v) is 1.80. The Morgan fingerprint density at radius 1 is 1.42 bits per heavy atom. The van der Waals surface area contributed by atoms with Crippen LogP contribution >= 0.6 is 11.6 Å². The lowest BCUT2D eigenvalue weighted by Crippen LogP contribution is -2.24. The van der Waals surface area contributed by atoms with E-state index in [-0.39, 0.29) is 5.41 Å². The highest BCUT2D eigenvalue weighted by atomic mass is 35.5. The van der Waals surface area contributed by atoms with Crippen LogP contribution in [0.1, 0.15) is 40.0 Å². The minimum atomic E-state index is 0.179. The van der Waals surface area contributed by atoms with Crippen LogP contribution in [0, 0.1) is 5.41 Å². The van der Waals surface area contributed by atoms with Crippen molar-refractivity contribution in [1.82, 2.24) is 9.97 Å². The van der Waals surface area contributed by atoms with Crippen LogP contribution in [0.4, 0.5) is 5.95 Å². The summed E-state index contributed by atoms with van der Waals surface area (Å²) in [4.78, 5) is 8.53. The molecule has 0 unspecified atom stereocenters. The third-order valence-electron chi connectivity index (χ3n) is 2.80. The van der Waals surface area contributed by atoms with Crippen LogP contribution in [-0.2, 0) is 0 Å². The molecule has 0 radical (unpaired) electrons. The molecule has 0 aliphatic rings. The Morgan fingerprint density at radius 2 is 2.21 bits per heavy atom. The van der Waals surface area contributed by atoms with Crippen LogP contribution in [0.15, 0.2) is 12.3 Å². The predicted molar refractivity (Wildman–Crippen MR) is 80.0 cm³/mol. The van der Waals surface area contributed by atoms with Crippen molar-refractivity contribution < 1.29 is 4.74 Å².